The Balaban J connectivity index is 1.53. The fourth-order valence-corrected chi connectivity index (χ4v) is 3.46. The van der Waals surface area contributed by atoms with Gasteiger partial charge in [0.15, 0.2) is 5.96 Å². The lowest BCUT2D eigenvalue weighted by molar-refractivity contribution is 0.370. The lowest BCUT2D eigenvalue weighted by Gasteiger charge is -2.37. The van der Waals surface area contributed by atoms with Gasteiger partial charge in [-0.25, -0.2) is 4.98 Å². The maximum Gasteiger partial charge on any atom is 0.193 e. The number of benzene rings is 1. The van der Waals surface area contributed by atoms with E-state index in [1.807, 2.05) is 25.4 Å². The van der Waals surface area contributed by atoms with E-state index in [2.05, 4.69) is 68.4 Å². The minimum Gasteiger partial charge on any atom is -0.356 e. The molecule has 138 valence electrons. The summed E-state index contributed by atoms with van der Waals surface area (Å²) in [5.74, 6) is 2.56. The van der Waals surface area contributed by atoms with Gasteiger partial charge in [0.2, 0.25) is 0 Å². The molecule has 3 rings (SSSR count). The monoisotopic (exact) mass is 351 g/mol. The Labute approximate surface area is 156 Å². The van der Waals surface area contributed by atoms with Crippen molar-refractivity contribution in [1.29, 1.82) is 0 Å². The maximum absolute atomic E-state index is 4.51. The standard InChI is InChI=1S/C21H29N5/c1-3-18(19-9-5-4-6-10-19)17-24-21(22-2)26-15-13-25(14-16-26)20-11-7-8-12-23-20/h4-12,18H,3,13-17H2,1-2H3,(H,22,24). The highest BCUT2D eigenvalue weighted by Gasteiger charge is 2.21. The summed E-state index contributed by atoms with van der Waals surface area (Å²) in [4.78, 5) is 13.6. The Morgan fingerprint density at radius 1 is 1.08 bits per heavy atom. The lowest BCUT2D eigenvalue weighted by atomic mass is 9.96. The molecular weight excluding hydrogens is 322 g/mol. The molecule has 1 fully saturated rings. The van der Waals surface area contributed by atoms with Gasteiger partial charge in [-0.2, -0.15) is 0 Å². The van der Waals surface area contributed by atoms with Crippen molar-refractivity contribution >= 4 is 11.8 Å². The van der Waals surface area contributed by atoms with Gasteiger partial charge in [0.1, 0.15) is 5.82 Å². The summed E-state index contributed by atoms with van der Waals surface area (Å²) in [6.07, 6.45) is 2.97. The molecule has 1 aromatic heterocycles. The van der Waals surface area contributed by atoms with Crippen LogP contribution in [-0.4, -0.2) is 55.6 Å². The Kier molecular flexibility index (Phi) is 6.47. The van der Waals surface area contributed by atoms with Gasteiger partial charge in [-0.1, -0.05) is 43.3 Å². The van der Waals surface area contributed by atoms with Gasteiger partial charge in [-0.05, 0) is 24.1 Å². The zero-order chi connectivity index (χ0) is 18.2. The molecule has 1 aliphatic heterocycles. The molecule has 1 aliphatic rings. The van der Waals surface area contributed by atoms with Gasteiger partial charge in [-0.15, -0.1) is 0 Å². The van der Waals surface area contributed by atoms with Crippen LogP contribution in [0.5, 0.6) is 0 Å². The van der Waals surface area contributed by atoms with E-state index < -0.39 is 0 Å². The van der Waals surface area contributed by atoms with E-state index in [-0.39, 0.29) is 0 Å². The summed E-state index contributed by atoms with van der Waals surface area (Å²) >= 11 is 0. The summed E-state index contributed by atoms with van der Waals surface area (Å²) in [7, 11) is 1.87. The average Bonchev–Trinajstić information content (AvgIpc) is 2.73. The zero-order valence-corrected chi connectivity index (χ0v) is 15.8. The number of pyridine rings is 1. The predicted molar refractivity (Wildman–Crippen MR) is 109 cm³/mol. The van der Waals surface area contributed by atoms with E-state index in [1.165, 1.54) is 5.56 Å². The molecule has 0 saturated carbocycles. The molecule has 1 atom stereocenters. The van der Waals surface area contributed by atoms with E-state index in [0.29, 0.717) is 5.92 Å². The topological polar surface area (TPSA) is 43.8 Å². The maximum atomic E-state index is 4.51. The van der Waals surface area contributed by atoms with E-state index >= 15 is 0 Å². The van der Waals surface area contributed by atoms with E-state index in [9.17, 15) is 0 Å². The number of nitrogens with zero attached hydrogens (tertiary/aromatic N) is 4. The lowest BCUT2D eigenvalue weighted by Crippen LogP contribution is -2.53. The van der Waals surface area contributed by atoms with Crippen LogP contribution in [0.1, 0.15) is 24.8 Å². The first kappa shape index (κ1) is 18.2. The quantitative estimate of drug-likeness (QED) is 0.664. The highest BCUT2D eigenvalue weighted by Crippen LogP contribution is 2.18. The summed E-state index contributed by atoms with van der Waals surface area (Å²) in [6.45, 7) is 7.00. The molecule has 5 nitrogen and oxygen atoms in total. The molecule has 5 heteroatoms. The number of nitrogens with one attached hydrogen (secondary N) is 1. The van der Waals surface area contributed by atoms with Crippen molar-refractivity contribution in [3.8, 4) is 0 Å². The molecule has 1 aromatic carbocycles. The first-order valence-electron chi connectivity index (χ1n) is 9.48. The van der Waals surface area contributed by atoms with Gasteiger partial charge in [0.25, 0.3) is 0 Å². The molecule has 0 spiro atoms. The second kappa shape index (κ2) is 9.22. The summed E-state index contributed by atoms with van der Waals surface area (Å²) in [5, 5.41) is 3.59. The second-order valence-corrected chi connectivity index (χ2v) is 6.61. The Morgan fingerprint density at radius 2 is 1.81 bits per heavy atom. The summed E-state index contributed by atoms with van der Waals surface area (Å²) in [5.41, 5.74) is 1.39. The minimum absolute atomic E-state index is 0.503. The van der Waals surface area contributed by atoms with Crippen molar-refractivity contribution in [1.82, 2.24) is 15.2 Å². The fourth-order valence-electron chi connectivity index (χ4n) is 3.46. The van der Waals surface area contributed by atoms with Crippen LogP contribution in [0, 0.1) is 0 Å². The number of hydrogen-bond acceptors (Lipinski definition) is 3. The first-order chi connectivity index (χ1) is 12.8. The van der Waals surface area contributed by atoms with Crippen LogP contribution < -0.4 is 10.2 Å². The number of rotatable bonds is 5. The number of hydrogen-bond donors (Lipinski definition) is 1. The molecule has 2 aromatic rings. The van der Waals surface area contributed by atoms with Crippen molar-refractivity contribution in [2.45, 2.75) is 19.3 Å². The van der Waals surface area contributed by atoms with Crippen molar-refractivity contribution in [3.63, 3.8) is 0 Å². The van der Waals surface area contributed by atoms with E-state index in [0.717, 1.165) is 50.9 Å². The van der Waals surface area contributed by atoms with Gasteiger partial charge in [0, 0.05) is 51.9 Å². The van der Waals surface area contributed by atoms with Crippen molar-refractivity contribution in [2.24, 2.45) is 4.99 Å². The van der Waals surface area contributed by atoms with E-state index in [4.69, 9.17) is 0 Å². The van der Waals surface area contributed by atoms with Crippen LogP contribution in [0.3, 0.4) is 0 Å². The Bertz CT molecular complexity index is 678. The molecule has 1 saturated heterocycles. The molecule has 1 unspecified atom stereocenters. The Morgan fingerprint density at radius 3 is 2.42 bits per heavy atom. The van der Waals surface area contributed by atoms with Gasteiger partial charge in [-0.3, -0.25) is 4.99 Å². The molecule has 2 heterocycles. The van der Waals surface area contributed by atoms with Crippen LogP contribution in [0.15, 0.2) is 59.7 Å². The largest absolute Gasteiger partial charge is 0.356 e. The summed E-state index contributed by atoms with van der Waals surface area (Å²) in [6, 6.07) is 16.8. The number of aliphatic imine (C=N–C) groups is 1. The number of aromatic nitrogens is 1. The highest BCUT2D eigenvalue weighted by molar-refractivity contribution is 5.80. The fraction of sp³-hybridized carbons (Fsp3) is 0.429. The molecule has 0 bridgehead atoms. The number of anilines is 1. The number of piperazine rings is 1. The third kappa shape index (κ3) is 4.54. The normalized spacial score (nSPS) is 16.5. The molecule has 26 heavy (non-hydrogen) atoms. The Hall–Kier alpha value is -2.56. The van der Waals surface area contributed by atoms with E-state index in [1.54, 1.807) is 0 Å². The highest BCUT2D eigenvalue weighted by atomic mass is 15.4. The average molecular weight is 351 g/mol. The van der Waals surface area contributed by atoms with Crippen molar-refractivity contribution in [2.75, 3.05) is 44.7 Å². The zero-order valence-electron chi connectivity index (χ0n) is 15.8. The van der Waals surface area contributed by atoms with Crippen molar-refractivity contribution in [3.05, 3.63) is 60.3 Å². The van der Waals surface area contributed by atoms with Crippen LogP contribution >= 0.6 is 0 Å². The second-order valence-electron chi connectivity index (χ2n) is 6.61. The van der Waals surface area contributed by atoms with Gasteiger partial charge < -0.3 is 15.1 Å². The van der Waals surface area contributed by atoms with Gasteiger partial charge in [0.05, 0.1) is 0 Å². The molecule has 0 radical (unpaired) electrons. The third-order valence-electron chi connectivity index (χ3n) is 5.03. The molecular formula is C21H29N5. The van der Waals surface area contributed by atoms with Gasteiger partial charge >= 0.3 is 0 Å². The number of guanidine groups is 1. The van der Waals surface area contributed by atoms with Crippen molar-refractivity contribution < 1.29 is 0 Å². The predicted octanol–water partition coefficient (Wildman–Crippen LogP) is 2.97. The molecule has 0 aliphatic carbocycles. The van der Waals surface area contributed by atoms with Crippen LogP contribution in [0.4, 0.5) is 5.82 Å². The minimum atomic E-state index is 0.503. The van der Waals surface area contributed by atoms with Crippen LogP contribution in [0.25, 0.3) is 0 Å². The molecule has 0 amide bonds. The van der Waals surface area contributed by atoms with Crippen LogP contribution in [-0.2, 0) is 0 Å². The SMILES string of the molecule is CCC(CNC(=NC)N1CCN(c2ccccn2)CC1)c1ccccc1. The third-order valence-corrected chi connectivity index (χ3v) is 5.03. The smallest absolute Gasteiger partial charge is 0.193 e. The first-order valence-corrected chi connectivity index (χ1v) is 9.48. The summed E-state index contributed by atoms with van der Waals surface area (Å²) < 4.78 is 0. The van der Waals surface area contributed by atoms with Crippen LogP contribution in [0.2, 0.25) is 0 Å². The molecule has 1 N–H and O–H groups in total.